The number of nitrogens with zero attached hydrogens (tertiary/aromatic N) is 1. The van der Waals surface area contributed by atoms with Gasteiger partial charge in [-0.15, -0.1) is 11.3 Å². The van der Waals surface area contributed by atoms with Crippen molar-refractivity contribution in [2.24, 2.45) is 0 Å². The summed E-state index contributed by atoms with van der Waals surface area (Å²) in [6, 6.07) is 9.91. The van der Waals surface area contributed by atoms with E-state index in [1.54, 1.807) is 57.3 Å². The molecule has 0 fully saturated rings. The van der Waals surface area contributed by atoms with Gasteiger partial charge in [0.1, 0.15) is 0 Å². The number of alkyl halides is 3. The fourth-order valence-electron chi connectivity index (χ4n) is 3.48. The maximum absolute atomic E-state index is 13.7. The second kappa shape index (κ2) is 9.88. The minimum atomic E-state index is -4.41. The zero-order valence-electron chi connectivity index (χ0n) is 17.8. The first-order valence-corrected chi connectivity index (χ1v) is 11.0. The Hall–Kier alpha value is -2.64. The lowest BCUT2D eigenvalue weighted by molar-refractivity contribution is -0.139. The second-order valence-electron chi connectivity index (χ2n) is 7.64. The summed E-state index contributed by atoms with van der Waals surface area (Å²) < 4.78 is 41.6. The van der Waals surface area contributed by atoms with Gasteiger partial charge in [-0.05, 0) is 43.5 Å². The number of aromatic nitrogens is 1. The number of nitrogens with one attached hydrogen (secondary N) is 1. The molecule has 0 spiro atoms. The molecule has 1 unspecified atom stereocenters. The van der Waals surface area contributed by atoms with Crippen molar-refractivity contribution in [3.05, 3.63) is 91.4 Å². The Morgan fingerprint density at radius 3 is 2.41 bits per heavy atom. The van der Waals surface area contributed by atoms with E-state index in [1.807, 2.05) is 6.07 Å². The Kier molecular flexibility index (Phi) is 7.41. The first-order chi connectivity index (χ1) is 15.0. The number of hydrogen-bond acceptors (Lipinski definition) is 3. The smallest absolute Gasteiger partial charge is 0.347 e. The zero-order valence-corrected chi connectivity index (χ0v) is 19.3. The summed E-state index contributed by atoms with van der Waals surface area (Å²) in [7, 11) is 0. The van der Waals surface area contributed by atoms with E-state index in [9.17, 15) is 18.0 Å². The Morgan fingerprint density at radius 1 is 1.16 bits per heavy atom. The molecule has 0 aliphatic heterocycles. The van der Waals surface area contributed by atoms with E-state index in [1.165, 1.54) is 17.4 Å². The van der Waals surface area contributed by atoms with Gasteiger partial charge in [-0.3, -0.25) is 4.79 Å². The Bertz CT molecular complexity index is 1130. The molecule has 8 heteroatoms. The van der Waals surface area contributed by atoms with Gasteiger partial charge >= 0.3 is 6.18 Å². The van der Waals surface area contributed by atoms with E-state index in [-0.39, 0.29) is 11.5 Å². The first kappa shape index (κ1) is 24.0. The normalized spacial score (nSPS) is 12.8. The van der Waals surface area contributed by atoms with Crippen molar-refractivity contribution in [3.8, 4) is 0 Å². The Balaban J connectivity index is 1.77. The van der Waals surface area contributed by atoms with Crippen LogP contribution in [0.15, 0.2) is 48.7 Å². The minimum absolute atomic E-state index is 0.210. The largest absolute Gasteiger partial charge is 0.399 e. The van der Waals surface area contributed by atoms with E-state index >= 15 is 0 Å². The lowest BCUT2D eigenvalue weighted by atomic mass is 9.93. The molecule has 0 saturated heterocycles. The molecule has 2 aromatic carbocycles. The van der Waals surface area contributed by atoms with E-state index in [0.29, 0.717) is 27.7 Å². The van der Waals surface area contributed by atoms with Gasteiger partial charge in [0.2, 0.25) is 0 Å². The summed E-state index contributed by atoms with van der Waals surface area (Å²) >= 11 is 7.07. The second-order valence-corrected chi connectivity index (χ2v) is 9.33. The van der Waals surface area contributed by atoms with Gasteiger partial charge in [0.15, 0.2) is 4.47 Å². The van der Waals surface area contributed by atoms with E-state index in [0.717, 1.165) is 22.1 Å². The number of benzene rings is 2. The number of hydrogen-bond donors (Lipinski definition) is 1. The summed E-state index contributed by atoms with van der Waals surface area (Å²) in [4.78, 5) is 17.2. The predicted octanol–water partition coefficient (Wildman–Crippen LogP) is 7.01. The number of aryl methyl sites for hydroxylation is 3. The first-order valence-electron chi connectivity index (χ1n) is 9.85. The van der Waals surface area contributed by atoms with Crippen LogP contribution in [0.25, 0.3) is 6.08 Å². The molecular weight excluding hydrogens is 457 g/mol. The maximum atomic E-state index is 13.7. The molecule has 32 heavy (non-hydrogen) atoms. The molecule has 0 radical (unpaired) electrons. The van der Waals surface area contributed by atoms with Gasteiger partial charge in [0, 0.05) is 16.6 Å². The van der Waals surface area contributed by atoms with Crippen LogP contribution in [0.2, 0.25) is 4.47 Å². The number of allylic oxidation sites excluding steroid dienone is 1. The van der Waals surface area contributed by atoms with Crippen LogP contribution >= 0.6 is 22.9 Å². The van der Waals surface area contributed by atoms with Gasteiger partial charge in [-0.2, -0.15) is 13.2 Å². The SMILES string of the molecule is Cc1cc(C)cc(C(/C=C/c2ccc(C(=O)NCc3cnc(Cl)s3)c(C)c2)C(F)(F)F)c1. The third kappa shape index (κ3) is 6.20. The monoisotopic (exact) mass is 478 g/mol. The van der Waals surface area contributed by atoms with Crippen molar-refractivity contribution < 1.29 is 18.0 Å². The molecule has 3 nitrogen and oxygen atoms in total. The number of carbonyl (C=O) groups is 1. The molecule has 3 rings (SSSR count). The highest BCUT2D eigenvalue weighted by Crippen LogP contribution is 2.37. The van der Waals surface area contributed by atoms with E-state index in [2.05, 4.69) is 10.3 Å². The van der Waals surface area contributed by atoms with Crippen LogP contribution in [0.5, 0.6) is 0 Å². The van der Waals surface area contributed by atoms with Crippen molar-refractivity contribution in [1.82, 2.24) is 10.3 Å². The molecular formula is C24H22ClF3N2OS. The van der Waals surface area contributed by atoms with Crippen LogP contribution < -0.4 is 5.32 Å². The van der Waals surface area contributed by atoms with Gasteiger partial charge in [0.05, 0.1) is 12.5 Å². The number of thiazole rings is 1. The molecule has 3 aromatic rings. The van der Waals surface area contributed by atoms with E-state index in [4.69, 9.17) is 11.6 Å². The van der Waals surface area contributed by atoms with Crippen molar-refractivity contribution in [3.63, 3.8) is 0 Å². The Morgan fingerprint density at radius 2 is 1.84 bits per heavy atom. The highest BCUT2D eigenvalue weighted by Gasteiger charge is 2.39. The summed E-state index contributed by atoms with van der Waals surface area (Å²) in [5.74, 6) is -1.98. The number of carbonyl (C=O) groups excluding carboxylic acids is 1. The fraction of sp³-hybridized carbons (Fsp3) is 0.250. The van der Waals surface area contributed by atoms with Crippen LogP contribution in [0.1, 0.15) is 49.0 Å². The molecule has 1 aromatic heterocycles. The highest BCUT2D eigenvalue weighted by molar-refractivity contribution is 7.15. The zero-order chi connectivity index (χ0) is 23.5. The van der Waals surface area contributed by atoms with Crippen molar-refractivity contribution >= 4 is 34.9 Å². The van der Waals surface area contributed by atoms with Gasteiger partial charge in [-0.25, -0.2) is 4.98 Å². The summed E-state index contributed by atoms with van der Waals surface area (Å²) in [6.45, 7) is 5.61. The Labute approximate surface area is 194 Å². The predicted molar refractivity (Wildman–Crippen MR) is 123 cm³/mol. The van der Waals surface area contributed by atoms with Crippen LogP contribution in [-0.2, 0) is 6.54 Å². The fourth-order valence-corrected chi connectivity index (χ4v) is 4.40. The number of amides is 1. The lowest BCUT2D eigenvalue weighted by Crippen LogP contribution is -2.23. The van der Waals surface area contributed by atoms with Gasteiger partial charge < -0.3 is 5.32 Å². The molecule has 0 saturated carbocycles. The highest BCUT2D eigenvalue weighted by atomic mass is 35.5. The van der Waals surface area contributed by atoms with Crippen LogP contribution in [0, 0.1) is 20.8 Å². The summed E-state index contributed by atoms with van der Waals surface area (Å²) in [5.41, 5.74) is 3.50. The number of halogens is 4. The minimum Gasteiger partial charge on any atom is -0.347 e. The molecule has 168 valence electrons. The molecule has 1 heterocycles. The van der Waals surface area contributed by atoms with Crippen LogP contribution in [-0.4, -0.2) is 17.1 Å². The number of rotatable bonds is 6. The van der Waals surface area contributed by atoms with Crippen molar-refractivity contribution in [2.75, 3.05) is 0 Å². The third-order valence-corrected chi connectivity index (χ3v) is 6.00. The molecule has 1 amide bonds. The maximum Gasteiger partial charge on any atom is 0.399 e. The topological polar surface area (TPSA) is 42.0 Å². The summed E-state index contributed by atoms with van der Waals surface area (Å²) in [5, 5.41) is 2.80. The average Bonchev–Trinajstić information content (AvgIpc) is 3.10. The lowest BCUT2D eigenvalue weighted by Gasteiger charge is -2.18. The molecule has 0 bridgehead atoms. The molecule has 0 aliphatic carbocycles. The van der Waals surface area contributed by atoms with Crippen molar-refractivity contribution in [2.45, 2.75) is 39.4 Å². The standard InChI is InChI=1S/C24H22ClF3N2OS/c1-14-8-15(2)10-18(9-14)21(24(26,27)28)7-5-17-4-6-20(16(3)11-17)22(31)29-12-19-13-30-23(25)32-19/h4-11,13,21H,12H2,1-3H3,(H,29,31)/b7-5+. The molecule has 0 aliphatic rings. The average molecular weight is 479 g/mol. The molecule has 1 N–H and O–H groups in total. The molecule has 1 atom stereocenters. The quantitative estimate of drug-likeness (QED) is 0.414. The van der Waals surface area contributed by atoms with Gasteiger partial charge in [-0.1, -0.05) is 65.2 Å². The van der Waals surface area contributed by atoms with E-state index < -0.39 is 12.1 Å². The summed E-state index contributed by atoms with van der Waals surface area (Å²) in [6.07, 6.45) is -0.202. The van der Waals surface area contributed by atoms with Crippen LogP contribution in [0.3, 0.4) is 0 Å². The van der Waals surface area contributed by atoms with Crippen LogP contribution in [0.4, 0.5) is 13.2 Å². The van der Waals surface area contributed by atoms with Gasteiger partial charge in [0.25, 0.3) is 5.91 Å². The van der Waals surface area contributed by atoms with Crippen molar-refractivity contribution in [1.29, 1.82) is 0 Å². The third-order valence-electron chi connectivity index (χ3n) is 4.88.